The van der Waals surface area contributed by atoms with Gasteiger partial charge in [-0.1, -0.05) is 26.7 Å². The molecule has 0 radical (unpaired) electrons. The van der Waals surface area contributed by atoms with Crippen LogP contribution in [0.1, 0.15) is 58.4 Å². The SMILES string of the molecule is CCNc1ncc(C)c(N(CCC(C)C)C2CCCC2)n1. The molecule has 0 aromatic carbocycles. The summed E-state index contributed by atoms with van der Waals surface area (Å²) in [6, 6.07) is 0.659. The van der Waals surface area contributed by atoms with E-state index in [-0.39, 0.29) is 0 Å². The number of rotatable bonds is 7. The van der Waals surface area contributed by atoms with Crippen LogP contribution in [-0.4, -0.2) is 29.1 Å². The van der Waals surface area contributed by atoms with E-state index in [9.17, 15) is 0 Å². The van der Waals surface area contributed by atoms with Gasteiger partial charge in [0.15, 0.2) is 0 Å². The smallest absolute Gasteiger partial charge is 0.224 e. The summed E-state index contributed by atoms with van der Waals surface area (Å²) in [5, 5.41) is 3.24. The molecule has 1 aliphatic carbocycles. The Hall–Kier alpha value is -1.32. The Kier molecular flexibility index (Phi) is 5.83. The van der Waals surface area contributed by atoms with Crippen molar-refractivity contribution in [1.29, 1.82) is 0 Å². The van der Waals surface area contributed by atoms with E-state index >= 15 is 0 Å². The number of nitrogens with one attached hydrogen (secondary N) is 1. The molecule has 1 aromatic heterocycles. The van der Waals surface area contributed by atoms with Gasteiger partial charge in [0.1, 0.15) is 5.82 Å². The van der Waals surface area contributed by atoms with Crippen LogP contribution >= 0.6 is 0 Å². The van der Waals surface area contributed by atoms with E-state index in [1.54, 1.807) is 0 Å². The van der Waals surface area contributed by atoms with Crippen molar-refractivity contribution in [3.63, 3.8) is 0 Å². The van der Waals surface area contributed by atoms with Crippen LogP contribution in [0, 0.1) is 12.8 Å². The monoisotopic (exact) mass is 290 g/mol. The van der Waals surface area contributed by atoms with Gasteiger partial charge in [-0.3, -0.25) is 0 Å². The molecule has 0 aliphatic heterocycles. The molecule has 1 fully saturated rings. The molecule has 4 heteroatoms. The third kappa shape index (κ3) is 4.32. The maximum atomic E-state index is 4.79. The maximum absolute atomic E-state index is 4.79. The van der Waals surface area contributed by atoms with Gasteiger partial charge >= 0.3 is 0 Å². The number of aromatic nitrogens is 2. The predicted octanol–water partition coefficient (Wildman–Crippen LogP) is 4.01. The number of anilines is 2. The lowest BCUT2D eigenvalue weighted by atomic mass is 10.1. The van der Waals surface area contributed by atoms with E-state index in [0.717, 1.165) is 30.8 Å². The quantitative estimate of drug-likeness (QED) is 0.823. The molecule has 1 aliphatic rings. The zero-order valence-electron chi connectivity index (χ0n) is 14.0. The highest BCUT2D eigenvalue weighted by molar-refractivity contribution is 5.50. The minimum atomic E-state index is 0.659. The van der Waals surface area contributed by atoms with Crippen LogP contribution in [0.15, 0.2) is 6.20 Å². The van der Waals surface area contributed by atoms with Crippen molar-refractivity contribution in [2.75, 3.05) is 23.3 Å². The summed E-state index contributed by atoms with van der Waals surface area (Å²) < 4.78 is 0. The molecule has 0 spiro atoms. The van der Waals surface area contributed by atoms with Crippen LogP contribution in [-0.2, 0) is 0 Å². The van der Waals surface area contributed by atoms with Crippen molar-refractivity contribution in [2.45, 2.75) is 65.8 Å². The zero-order valence-corrected chi connectivity index (χ0v) is 14.0. The van der Waals surface area contributed by atoms with Gasteiger partial charge in [0, 0.05) is 30.9 Å². The van der Waals surface area contributed by atoms with E-state index in [2.05, 4.69) is 42.9 Å². The molecule has 1 aromatic rings. The van der Waals surface area contributed by atoms with Crippen LogP contribution in [0.25, 0.3) is 0 Å². The van der Waals surface area contributed by atoms with Gasteiger partial charge in [-0.15, -0.1) is 0 Å². The lowest BCUT2D eigenvalue weighted by Crippen LogP contribution is -2.36. The number of hydrogen-bond donors (Lipinski definition) is 1. The first kappa shape index (κ1) is 16.1. The lowest BCUT2D eigenvalue weighted by molar-refractivity contribution is 0.524. The number of hydrogen-bond acceptors (Lipinski definition) is 4. The lowest BCUT2D eigenvalue weighted by Gasteiger charge is -2.32. The third-order valence-electron chi connectivity index (χ3n) is 4.26. The molecular weight excluding hydrogens is 260 g/mol. The largest absolute Gasteiger partial charge is 0.354 e. The molecule has 0 amide bonds. The summed E-state index contributed by atoms with van der Waals surface area (Å²) in [6.45, 7) is 10.8. The van der Waals surface area contributed by atoms with Crippen molar-refractivity contribution < 1.29 is 0 Å². The normalized spacial score (nSPS) is 15.7. The van der Waals surface area contributed by atoms with Gasteiger partial charge in [0.05, 0.1) is 0 Å². The molecule has 0 unspecified atom stereocenters. The zero-order chi connectivity index (χ0) is 15.2. The molecule has 1 N–H and O–H groups in total. The van der Waals surface area contributed by atoms with Crippen molar-refractivity contribution in [2.24, 2.45) is 5.92 Å². The van der Waals surface area contributed by atoms with Crippen molar-refractivity contribution in [3.8, 4) is 0 Å². The minimum Gasteiger partial charge on any atom is -0.354 e. The topological polar surface area (TPSA) is 41.1 Å². The summed E-state index contributed by atoms with van der Waals surface area (Å²) in [4.78, 5) is 11.7. The predicted molar refractivity (Wildman–Crippen MR) is 90.0 cm³/mol. The molecule has 118 valence electrons. The minimum absolute atomic E-state index is 0.659. The highest BCUT2D eigenvalue weighted by Gasteiger charge is 2.25. The average Bonchev–Trinajstić information content (AvgIpc) is 2.96. The van der Waals surface area contributed by atoms with Crippen molar-refractivity contribution in [3.05, 3.63) is 11.8 Å². The van der Waals surface area contributed by atoms with Crippen LogP contribution in [0.4, 0.5) is 11.8 Å². The molecule has 2 rings (SSSR count). The fourth-order valence-electron chi connectivity index (χ4n) is 3.04. The summed E-state index contributed by atoms with van der Waals surface area (Å²) >= 11 is 0. The fraction of sp³-hybridized carbons (Fsp3) is 0.765. The summed E-state index contributed by atoms with van der Waals surface area (Å²) in [5.74, 6) is 2.61. The van der Waals surface area contributed by atoms with Crippen LogP contribution in [0.5, 0.6) is 0 Å². The van der Waals surface area contributed by atoms with Crippen LogP contribution in [0.2, 0.25) is 0 Å². The number of nitrogens with zero attached hydrogens (tertiary/aromatic N) is 3. The van der Waals surface area contributed by atoms with E-state index in [4.69, 9.17) is 4.98 Å². The first-order chi connectivity index (χ1) is 10.1. The molecule has 4 nitrogen and oxygen atoms in total. The van der Waals surface area contributed by atoms with Gasteiger partial charge in [0.2, 0.25) is 5.95 Å². The van der Waals surface area contributed by atoms with Gasteiger partial charge in [-0.2, -0.15) is 4.98 Å². The standard InChI is InChI=1S/C17H30N4/c1-5-18-17-19-12-14(4)16(20-17)21(11-10-13(2)3)15-8-6-7-9-15/h12-13,15H,5-11H2,1-4H3,(H,18,19,20). The Bertz CT molecular complexity index is 438. The molecule has 1 saturated carbocycles. The van der Waals surface area contributed by atoms with Gasteiger partial charge in [-0.25, -0.2) is 4.98 Å². The van der Waals surface area contributed by atoms with E-state index in [0.29, 0.717) is 6.04 Å². The maximum Gasteiger partial charge on any atom is 0.224 e. The molecule has 21 heavy (non-hydrogen) atoms. The first-order valence-electron chi connectivity index (χ1n) is 8.46. The van der Waals surface area contributed by atoms with Crippen molar-refractivity contribution in [1.82, 2.24) is 9.97 Å². The van der Waals surface area contributed by atoms with Crippen LogP contribution in [0.3, 0.4) is 0 Å². The van der Waals surface area contributed by atoms with Crippen LogP contribution < -0.4 is 10.2 Å². The van der Waals surface area contributed by atoms with E-state index in [1.807, 2.05) is 6.20 Å². The number of aryl methyl sites for hydroxylation is 1. The molecule has 0 saturated heterocycles. The Labute approximate surface area is 129 Å². The molecule has 1 heterocycles. The molecule has 0 atom stereocenters. The second kappa shape index (κ2) is 7.62. The van der Waals surface area contributed by atoms with Gasteiger partial charge < -0.3 is 10.2 Å². The Morgan fingerprint density at radius 1 is 1.33 bits per heavy atom. The molecular formula is C17H30N4. The first-order valence-corrected chi connectivity index (χ1v) is 8.46. The average molecular weight is 290 g/mol. The second-order valence-electron chi connectivity index (χ2n) is 6.54. The Balaban J connectivity index is 2.23. The highest BCUT2D eigenvalue weighted by atomic mass is 15.2. The van der Waals surface area contributed by atoms with Crippen molar-refractivity contribution >= 4 is 11.8 Å². The summed E-state index contributed by atoms with van der Waals surface area (Å²) in [5.41, 5.74) is 1.19. The fourth-order valence-corrected chi connectivity index (χ4v) is 3.04. The van der Waals surface area contributed by atoms with E-state index in [1.165, 1.54) is 37.7 Å². The summed E-state index contributed by atoms with van der Waals surface area (Å²) in [7, 11) is 0. The second-order valence-corrected chi connectivity index (χ2v) is 6.54. The third-order valence-corrected chi connectivity index (χ3v) is 4.26. The van der Waals surface area contributed by atoms with Gasteiger partial charge in [0.25, 0.3) is 0 Å². The highest BCUT2D eigenvalue weighted by Crippen LogP contribution is 2.30. The van der Waals surface area contributed by atoms with Gasteiger partial charge in [-0.05, 0) is 39.0 Å². The van der Waals surface area contributed by atoms with E-state index < -0.39 is 0 Å². The molecule has 0 bridgehead atoms. The Morgan fingerprint density at radius 3 is 2.67 bits per heavy atom. The summed E-state index contributed by atoms with van der Waals surface area (Å²) in [6.07, 6.45) is 8.49. The Morgan fingerprint density at radius 2 is 2.05 bits per heavy atom.